The summed E-state index contributed by atoms with van der Waals surface area (Å²) in [6.45, 7) is 0.760. The Bertz CT molecular complexity index is 1510. The number of carbonyl (C=O) groups excluding carboxylic acids is 1. The third-order valence-electron chi connectivity index (χ3n) is 6.05. The fourth-order valence-corrected chi connectivity index (χ4v) is 4.43. The minimum atomic E-state index is -0.129. The molecular weight excluding hydrogens is 408 g/mol. The van der Waals surface area contributed by atoms with Crippen molar-refractivity contribution in [2.75, 3.05) is 22.1 Å². The van der Waals surface area contributed by atoms with Gasteiger partial charge in [-0.2, -0.15) is 0 Å². The maximum Gasteiger partial charge on any atom is 0.257 e. The first-order valence-corrected chi connectivity index (χ1v) is 11.0. The topological polar surface area (TPSA) is 60.2 Å². The molecule has 3 N–H and O–H groups in total. The molecule has 5 nitrogen and oxygen atoms in total. The lowest BCUT2D eigenvalue weighted by molar-refractivity contribution is 0.102. The average Bonchev–Trinajstić information content (AvgIpc) is 3.17. The molecule has 160 valence electrons. The first kappa shape index (κ1) is 19.2. The molecular formula is C28H22N4O. The highest BCUT2D eigenvalue weighted by molar-refractivity contribution is 6.12. The summed E-state index contributed by atoms with van der Waals surface area (Å²) < 4.78 is 0. The Labute approximate surface area is 191 Å². The van der Waals surface area contributed by atoms with Crippen LogP contribution in [0.15, 0.2) is 103 Å². The van der Waals surface area contributed by atoms with Crippen molar-refractivity contribution in [3.05, 3.63) is 109 Å². The van der Waals surface area contributed by atoms with Gasteiger partial charge in [0.15, 0.2) is 0 Å². The molecule has 1 aliphatic heterocycles. The zero-order valence-corrected chi connectivity index (χ0v) is 17.9. The van der Waals surface area contributed by atoms with Gasteiger partial charge < -0.3 is 20.5 Å². The third kappa shape index (κ3) is 3.40. The minimum absolute atomic E-state index is 0.129. The molecule has 0 aliphatic carbocycles. The predicted octanol–water partition coefficient (Wildman–Crippen LogP) is 6.65. The Kier molecular flexibility index (Phi) is 4.58. The smallest absolute Gasteiger partial charge is 0.257 e. The van der Waals surface area contributed by atoms with E-state index in [4.69, 9.17) is 0 Å². The lowest BCUT2D eigenvalue weighted by Gasteiger charge is -2.23. The SMILES string of the molecule is O=C(Nc1ccc(N2C=CCNc3c2ccc2ccccc32)cc1)c1c[nH]c2ccccc12. The quantitative estimate of drug-likeness (QED) is 0.300. The Morgan fingerprint density at radius 2 is 1.64 bits per heavy atom. The van der Waals surface area contributed by atoms with Gasteiger partial charge in [0.1, 0.15) is 0 Å². The molecule has 5 aromatic rings. The van der Waals surface area contributed by atoms with Crippen LogP contribution in [0.25, 0.3) is 21.7 Å². The van der Waals surface area contributed by atoms with E-state index in [9.17, 15) is 4.79 Å². The Balaban J connectivity index is 1.29. The van der Waals surface area contributed by atoms with Crippen LogP contribution in [0.2, 0.25) is 0 Å². The largest absolute Gasteiger partial charge is 0.379 e. The molecule has 0 saturated carbocycles. The van der Waals surface area contributed by atoms with E-state index in [2.05, 4.69) is 69.2 Å². The van der Waals surface area contributed by atoms with Crippen molar-refractivity contribution < 1.29 is 4.79 Å². The van der Waals surface area contributed by atoms with Crippen molar-refractivity contribution in [2.45, 2.75) is 0 Å². The van der Waals surface area contributed by atoms with Crippen molar-refractivity contribution >= 4 is 50.3 Å². The van der Waals surface area contributed by atoms with Gasteiger partial charge in [-0.15, -0.1) is 0 Å². The van der Waals surface area contributed by atoms with Crippen LogP contribution in [0, 0.1) is 0 Å². The molecule has 1 aliphatic rings. The third-order valence-corrected chi connectivity index (χ3v) is 6.05. The van der Waals surface area contributed by atoms with Crippen molar-refractivity contribution in [2.24, 2.45) is 0 Å². The predicted molar refractivity (Wildman–Crippen MR) is 136 cm³/mol. The van der Waals surface area contributed by atoms with E-state index >= 15 is 0 Å². The number of aromatic amines is 1. The molecule has 0 unspecified atom stereocenters. The van der Waals surface area contributed by atoms with Gasteiger partial charge in [-0.3, -0.25) is 4.79 Å². The lowest BCUT2D eigenvalue weighted by atomic mass is 10.1. The van der Waals surface area contributed by atoms with Crippen LogP contribution >= 0.6 is 0 Å². The monoisotopic (exact) mass is 430 g/mol. The highest BCUT2D eigenvalue weighted by Gasteiger charge is 2.17. The van der Waals surface area contributed by atoms with Gasteiger partial charge in [-0.25, -0.2) is 0 Å². The number of H-pyrrole nitrogens is 1. The summed E-state index contributed by atoms with van der Waals surface area (Å²) in [7, 11) is 0. The van der Waals surface area contributed by atoms with Gasteiger partial charge in [0.05, 0.1) is 16.9 Å². The normalized spacial score (nSPS) is 12.9. The number of anilines is 4. The van der Waals surface area contributed by atoms with E-state index in [1.807, 2.05) is 48.5 Å². The number of hydrogen-bond acceptors (Lipinski definition) is 3. The molecule has 0 atom stereocenters. The van der Waals surface area contributed by atoms with Crippen molar-refractivity contribution in [3.8, 4) is 0 Å². The molecule has 4 aromatic carbocycles. The van der Waals surface area contributed by atoms with E-state index < -0.39 is 0 Å². The Morgan fingerprint density at radius 3 is 2.52 bits per heavy atom. The molecule has 0 bridgehead atoms. The summed E-state index contributed by atoms with van der Waals surface area (Å²) in [4.78, 5) is 18.2. The van der Waals surface area contributed by atoms with Gasteiger partial charge in [0, 0.05) is 46.6 Å². The van der Waals surface area contributed by atoms with Gasteiger partial charge in [0.2, 0.25) is 0 Å². The molecule has 33 heavy (non-hydrogen) atoms. The summed E-state index contributed by atoms with van der Waals surface area (Å²) >= 11 is 0. The maximum absolute atomic E-state index is 12.8. The number of benzene rings is 4. The molecule has 1 aromatic heterocycles. The summed E-state index contributed by atoms with van der Waals surface area (Å²) in [6.07, 6.45) is 5.96. The number of fused-ring (bicyclic) bond motifs is 4. The Morgan fingerprint density at radius 1 is 0.848 bits per heavy atom. The van der Waals surface area contributed by atoms with Crippen molar-refractivity contribution in [1.82, 2.24) is 4.98 Å². The number of nitrogens with zero attached hydrogens (tertiary/aromatic N) is 1. The number of amides is 1. The molecule has 0 spiro atoms. The van der Waals surface area contributed by atoms with E-state index in [0.29, 0.717) is 5.56 Å². The van der Waals surface area contributed by atoms with Crippen LogP contribution in [-0.4, -0.2) is 17.4 Å². The van der Waals surface area contributed by atoms with Crippen LogP contribution < -0.4 is 15.5 Å². The molecule has 0 fully saturated rings. The highest BCUT2D eigenvalue weighted by atomic mass is 16.1. The number of hydrogen-bond donors (Lipinski definition) is 3. The molecule has 6 rings (SSSR count). The second kappa shape index (κ2) is 7.88. The summed E-state index contributed by atoms with van der Waals surface area (Å²) in [5.41, 5.74) is 5.58. The van der Waals surface area contributed by atoms with Gasteiger partial charge in [0.25, 0.3) is 5.91 Å². The summed E-state index contributed by atoms with van der Waals surface area (Å²) in [5, 5.41) is 9.89. The van der Waals surface area contributed by atoms with Crippen LogP contribution in [-0.2, 0) is 0 Å². The number of carbonyl (C=O) groups is 1. The van der Waals surface area contributed by atoms with Gasteiger partial charge >= 0.3 is 0 Å². The second-order valence-electron chi connectivity index (χ2n) is 8.07. The fourth-order valence-electron chi connectivity index (χ4n) is 4.43. The van der Waals surface area contributed by atoms with E-state index in [0.717, 1.165) is 40.2 Å². The average molecular weight is 431 g/mol. The molecule has 5 heteroatoms. The number of rotatable bonds is 3. The van der Waals surface area contributed by atoms with Gasteiger partial charge in [-0.1, -0.05) is 48.5 Å². The lowest BCUT2D eigenvalue weighted by Crippen LogP contribution is -2.12. The fraction of sp³-hybridized carbons (Fsp3) is 0.0357. The molecule has 2 heterocycles. The van der Waals surface area contributed by atoms with Crippen LogP contribution in [0.1, 0.15) is 10.4 Å². The van der Waals surface area contributed by atoms with Crippen LogP contribution in [0.4, 0.5) is 22.7 Å². The number of aromatic nitrogens is 1. The first-order valence-electron chi connectivity index (χ1n) is 11.0. The summed E-state index contributed by atoms with van der Waals surface area (Å²) in [5.74, 6) is -0.129. The van der Waals surface area contributed by atoms with Gasteiger partial charge in [-0.05, 0) is 47.9 Å². The van der Waals surface area contributed by atoms with Crippen LogP contribution in [0.3, 0.4) is 0 Å². The second-order valence-corrected chi connectivity index (χ2v) is 8.07. The standard InChI is InChI=1S/C28H22N4O/c33-28(24-18-30-25-9-4-3-8-23(24)25)31-20-11-13-21(14-12-20)32-17-5-16-29-27-22-7-2-1-6-19(22)10-15-26(27)32/h1-15,17-18,29-30H,16H2,(H,31,33). The molecule has 0 radical (unpaired) electrons. The minimum Gasteiger partial charge on any atom is -0.379 e. The summed E-state index contributed by atoms with van der Waals surface area (Å²) in [6, 6.07) is 28.4. The number of para-hydroxylation sites is 1. The zero-order chi connectivity index (χ0) is 22.2. The van der Waals surface area contributed by atoms with E-state index in [-0.39, 0.29) is 5.91 Å². The zero-order valence-electron chi connectivity index (χ0n) is 17.9. The molecule has 0 saturated heterocycles. The highest BCUT2D eigenvalue weighted by Crippen LogP contribution is 2.39. The maximum atomic E-state index is 12.8. The van der Waals surface area contributed by atoms with Crippen molar-refractivity contribution in [3.63, 3.8) is 0 Å². The van der Waals surface area contributed by atoms with E-state index in [1.165, 1.54) is 10.8 Å². The molecule has 1 amide bonds. The van der Waals surface area contributed by atoms with Crippen molar-refractivity contribution in [1.29, 1.82) is 0 Å². The number of nitrogens with one attached hydrogen (secondary N) is 3. The van der Waals surface area contributed by atoms with E-state index in [1.54, 1.807) is 6.20 Å². The first-order chi connectivity index (χ1) is 16.3. The Hall–Kier alpha value is -4.51. The van der Waals surface area contributed by atoms with Crippen LogP contribution in [0.5, 0.6) is 0 Å².